The third kappa shape index (κ3) is 4.43. The quantitative estimate of drug-likeness (QED) is 0.731. The topological polar surface area (TPSA) is 53.5 Å². The predicted octanol–water partition coefficient (Wildman–Crippen LogP) is 3.36. The first kappa shape index (κ1) is 19.3. The zero-order valence-corrected chi connectivity index (χ0v) is 16.7. The summed E-state index contributed by atoms with van der Waals surface area (Å²) in [4.78, 5) is 6.36. The van der Waals surface area contributed by atoms with Gasteiger partial charge < -0.3 is 0 Å². The van der Waals surface area contributed by atoms with E-state index < -0.39 is 10.0 Å². The summed E-state index contributed by atoms with van der Waals surface area (Å²) in [5.74, 6) is 0.528. The molecule has 1 fully saturated rings. The first-order valence-corrected chi connectivity index (χ1v) is 10.6. The van der Waals surface area contributed by atoms with Crippen molar-refractivity contribution in [2.45, 2.75) is 31.2 Å². The maximum atomic E-state index is 12.7. The summed E-state index contributed by atoms with van der Waals surface area (Å²) in [5, 5.41) is 0.289. The van der Waals surface area contributed by atoms with E-state index in [1.165, 1.54) is 33.8 Å². The minimum atomic E-state index is -3.50. The van der Waals surface area contributed by atoms with Gasteiger partial charge in [-0.25, -0.2) is 13.4 Å². The monoisotopic (exact) mass is 393 g/mol. The summed E-state index contributed by atoms with van der Waals surface area (Å²) in [5.41, 5.74) is 2.59. The van der Waals surface area contributed by atoms with Gasteiger partial charge in [-0.1, -0.05) is 49.7 Å². The van der Waals surface area contributed by atoms with Gasteiger partial charge in [-0.05, 0) is 29.2 Å². The van der Waals surface area contributed by atoms with Gasteiger partial charge in [0.05, 0.1) is 0 Å². The van der Waals surface area contributed by atoms with Crippen LogP contribution in [0.1, 0.15) is 30.9 Å². The predicted molar refractivity (Wildman–Crippen MR) is 104 cm³/mol. The molecule has 0 spiro atoms. The summed E-state index contributed by atoms with van der Waals surface area (Å²) < 4.78 is 26.9. The summed E-state index contributed by atoms with van der Waals surface area (Å²) in [6, 6.07) is 11.7. The van der Waals surface area contributed by atoms with Crippen LogP contribution in [0.3, 0.4) is 0 Å². The summed E-state index contributed by atoms with van der Waals surface area (Å²) in [6.45, 7) is 7.60. The van der Waals surface area contributed by atoms with E-state index in [-0.39, 0.29) is 10.0 Å². The molecule has 5 nitrogen and oxygen atoms in total. The van der Waals surface area contributed by atoms with Crippen molar-refractivity contribution in [3.05, 3.63) is 58.9 Å². The van der Waals surface area contributed by atoms with Gasteiger partial charge in [-0.2, -0.15) is 4.31 Å². The van der Waals surface area contributed by atoms with Crippen LogP contribution in [-0.2, 0) is 16.6 Å². The molecule has 0 bridgehead atoms. The lowest BCUT2D eigenvalue weighted by molar-refractivity contribution is 0.181. The largest absolute Gasteiger partial charge is 0.296 e. The summed E-state index contributed by atoms with van der Waals surface area (Å²) in [7, 11) is -3.50. The first-order valence-electron chi connectivity index (χ1n) is 8.79. The van der Waals surface area contributed by atoms with E-state index in [2.05, 4.69) is 48.0 Å². The van der Waals surface area contributed by atoms with Gasteiger partial charge in [0.15, 0.2) is 0 Å². The van der Waals surface area contributed by atoms with E-state index in [1.807, 2.05) is 0 Å². The molecule has 0 N–H and O–H groups in total. The molecule has 1 aliphatic heterocycles. The fourth-order valence-corrected chi connectivity index (χ4v) is 4.54. The van der Waals surface area contributed by atoms with E-state index in [0.717, 1.165) is 6.54 Å². The van der Waals surface area contributed by atoms with Gasteiger partial charge in [-0.15, -0.1) is 0 Å². The summed E-state index contributed by atoms with van der Waals surface area (Å²) in [6.07, 6.45) is 1.32. The van der Waals surface area contributed by atoms with Gasteiger partial charge in [0.1, 0.15) is 10.0 Å². The molecule has 2 heterocycles. The number of pyridine rings is 1. The fraction of sp³-hybridized carbons (Fsp3) is 0.421. The molecule has 7 heteroatoms. The second-order valence-corrected chi connectivity index (χ2v) is 9.22. The van der Waals surface area contributed by atoms with Crippen LogP contribution in [-0.4, -0.2) is 48.8 Å². The lowest BCUT2D eigenvalue weighted by Gasteiger charge is -2.34. The number of aromatic nitrogens is 1. The van der Waals surface area contributed by atoms with Crippen LogP contribution in [0.25, 0.3) is 0 Å². The molecule has 140 valence electrons. The van der Waals surface area contributed by atoms with Crippen LogP contribution < -0.4 is 0 Å². The molecule has 1 aromatic carbocycles. The van der Waals surface area contributed by atoms with Crippen molar-refractivity contribution >= 4 is 21.6 Å². The van der Waals surface area contributed by atoms with Gasteiger partial charge in [0.2, 0.25) is 10.0 Å². The van der Waals surface area contributed by atoms with Crippen LogP contribution >= 0.6 is 11.6 Å². The zero-order chi connectivity index (χ0) is 18.7. The molecule has 1 saturated heterocycles. The Morgan fingerprint density at radius 2 is 1.69 bits per heavy atom. The second-order valence-electron chi connectivity index (χ2n) is 6.89. The number of sulfonamides is 1. The average Bonchev–Trinajstić information content (AvgIpc) is 2.63. The van der Waals surface area contributed by atoms with Crippen LogP contribution in [0.15, 0.2) is 47.5 Å². The number of nitrogens with zero attached hydrogens (tertiary/aromatic N) is 3. The zero-order valence-electron chi connectivity index (χ0n) is 15.1. The standard InChI is InChI=1S/C19H24ClN3O2S/c1-15(2)17-5-3-16(4-6-17)14-22-9-11-23(12-10-22)26(24,25)18-7-8-19(20)21-13-18/h3-8,13,15H,9-12,14H2,1-2H3. The third-order valence-electron chi connectivity index (χ3n) is 4.72. The second kappa shape index (κ2) is 8.05. The van der Waals surface area contributed by atoms with Crippen molar-refractivity contribution in [1.82, 2.24) is 14.2 Å². The molecule has 0 saturated carbocycles. The molecule has 0 radical (unpaired) electrons. The number of halogens is 1. The molecular formula is C19H24ClN3O2S. The van der Waals surface area contributed by atoms with Crippen LogP contribution in [0, 0.1) is 0 Å². The minimum Gasteiger partial charge on any atom is -0.296 e. The van der Waals surface area contributed by atoms with Gasteiger partial charge in [0, 0.05) is 38.9 Å². The highest BCUT2D eigenvalue weighted by molar-refractivity contribution is 7.89. The number of piperazine rings is 1. The first-order chi connectivity index (χ1) is 12.4. The molecule has 0 atom stereocenters. The number of hydrogen-bond acceptors (Lipinski definition) is 4. The van der Waals surface area contributed by atoms with E-state index in [1.54, 1.807) is 0 Å². The number of hydrogen-bond donors (Lipinski definition) is 0. The Morgan fingerprint density at radius 3 is 2.23 bits per heavy atom. The molecule has 2 aromatic rings. The van der Waals surface area contributed by atoms with Gasteiger partial charge >= 0.3 is 0 Å². The van der Waals surface area contributed by atoms with Crippen molar-refractivity contribution in [3.63, 3.8) is 0 Å². The lowest BCUT2D eigenvalue weighted by Crippen LogP contribution is -2.48. The van der Waals surface area contributed by atoms with Gasteiger partial charge in [-0.3, -0.25) is 4.90 Å². The van der Waals surface area contributed by atoms with Crippen LogP contribution in [0.5, 0.6) is 0 Å². The Hall–Kier alpha value is -1.47. The molecular weight excluding hydrogens is 370 g/mol. The van der Waals surface area contributed by atoms with Gasteiger partial charge in [0.25, 0.3) is 0 Å². The molecule has 3 rings (SSSR count). The molecule has 0 amide bonds. The minimum absolute atomic E-state index is 0.194. The van der Waals surface area contributed by atoms with Crippen LogP contribution in [0.4, 0.5) is 0 Å². The highest BCUT2D eigenvalue weighted by Crippen LogP contribution is 2.20. The van der Waals surface area contributed by atoms with E-state index in [9.17, 15) is 8.42 Å². The fourth-order valence-electron chi connectivity index (χ4n) is 3.06. The molecule has 1 aromatic heterocycles. The maximum absolute atomic E-state index is 12.7. The number of rotatable bonds is 5. The third-order valence-corrected chi connectivity index (χ3v) is 6.83. The Morgan fingerprint density at radius 1 is 1.04 bits per heavy atom. The normalized spacial score (nSPS) is 16.9. The van der Waals surface area contributed by atoms with E-state index >= 15 is 0 Å². The Bertz CT molecular complexity index is 828. The smallest absolute Gasteiger partial charge is 0.244 e. The highest BCUT2D eigenvalue weighted by atomic mass is 35.5. The molecule has 26 heavy (non-hydrogen) atoms. The number of benzene rings is 1. The Labute approximate surface area is 160 Å². The molecule has 0 aliphatic carbocycles. The summed E-state index contributed by atoms with van der Waals surface area (Å²) >= 11 is 5.74. The molecule has 0 unspecified atom stereocenters. The lowest BCUT2D eigenvalue weighted by atomic mass is 10.0. The van der Waals surface area contributed by atoms with Crippen molar-refractivity contribution in [2.24, 2.45) is 0 Å². The SMILES string of the molecule is CC(C)c1ccc(CN2CCN(S(=O)(=O)c3ccc(Cl)nc3)CC2)cc1. The van der Waals surface area contributed by atoms with E-state index in [0.29, 0.717) is 32.1 Å². The Kier molecular flexibility index (Phi) is 5.97. The van der Waals surface area contributed by atoms with Crippen molar-refractivity contribution in [1.29, 1.82) is 0 Å². The van der Waals surface area contributed by atoms with Crippen molar-refractivity contribution in [2.75, 3.05) is 26.2 Å². The van der Waals surface area contributed by atoms with E-state index in [4.69, 9.17) is 11.6 Å². The average molecular weight is 394 g/mol. The van der Waals surface area contributed by atoms with Crippen molar-refractivity contribution < 1.29 is 8.42 Å². The van der Waals surface area contributed by atoms with Crippen LogP contribution in [0.2, 0.25) is 5.15 Å². The maximum Gasteiger partial charge on any atom is 0.244 e. The molecule has 1 aliphatic rings. The highest BCUT2D eigenvalue weighted by Gasteiger charge is 2.28. The Balaban J connectivity index is 1.59. The van der Waals surface area contributed by atoms with Crippen molar-refractivity contribution in [3.8, 4) is 0 Å².